The molecule has 0 radical (unpaired) electrons. The van der Waals surface area contributed by atoms with Crippen LogP contribution in [0.2, 0.25) is 0 Å². The fourth-order valence-corrected chi connectivity index (χ4v) is 4.15. The highest BCUT2D eigenvalue weighted by Crippen LogP contribution is 2.39. The Morgan fingerprint density at radius 3 is 2.69 bits per heavy atom. The third kappa shape index (κ3) is 4.74. The van der Waals surface area contributed by atoms with Gasteiger partial charge < -0.3 is 15.4 Å². The van der Waals surface area contributed by atoms with Crippen LogP contribution in [-0.4, -0.2) is 27.9 Å². The Labute approximate surface area is 174 Å². The summed E-state index contributed by atoms with van der Waals surface area (Å²) in [5, 5.41) is 11.7. The normalized spacial score (nSPS) is 18.1. The van der Waals surface area contributed by atoms with E-state index < -0.39 is 0 Å². The van der Waals surface area contributed by atoms with E-state index in [1.54, 1.807) is 0 Å². The highest BCUT2D eigenvalue weighted by atomic mass is 16.5. The minimum atomic E-state index is -0.225. The maximum atomic E-state index is 6.17. The van der Waals surface area contributed by atoms with Crippen molar-refractivity contribution in [2.45, 2.75) is 72.1 Å². The molecule has 3 rings (SSSR count). The standard InChI is InChI=1S/C23H35N5O/c1-7-18-17(20(8-2)28(6)27-18)15-25-22(24-9-3)26-19-14-23(4,5)29-21-13-11-10-12-16(19)21/h10-13,19H,7-9,14-15H2,1-6H3,(H2,24,25,26). The molecule has 2 aromatic rings. The lowest BCUT2D eigenvalue weighted by atomic mass is 9.90. The molecule has 2 N–H and O–H groups in total. The first-order valence-electron chi connectivity index (χ1n) is 10.7. The molecule has 0 saturated heterocycles. The van der Waals surface area contributed by atoms with Gasteiger partial charge >= 0.3 is 0 Å². The molecule has 0 bridgehead atoms. The number of hydrogen-bond donors (Lipinski definition) is 2. The van der Waals surface area contributed by atoms with Gasteiger partial charge in [-0.2, -0.15) is 5.10 Å². The molecule has 0 fully saturated rings. The summed E-state index contributed by atoms with van der Waals surface area (Å²) in [6.07, 6.45) is 2.76. The zero-order valence-electron chi connectivity index (χ0n) is 18.7. The predicted octanol–water partition coefficient (Wildman–Crippen LogP) is 3.90. The molecule has 0 spiro atoms. The molecule has 1 aromatic carbocycles. The second-order valence-electron chi connectivity index (χ2n) is 8.20. The number of fused-ring (bicyclic) bond motifs is 1. The Kier molecular flexibility index (Phi) is 6.50. The van der Waals surface area contributed by atoms with Crippen molar-refractivity contribution in [3.8, 4) is 5.75 Å². The van der Waals surface area contributed by atoms with Gasteiger partial charge in [0.15, 0.2) is 5.96 Å². The van der Waals surface area contributed by atoms with E-state index in [1.807, 2.05) is 23.9 Å². The lowest BCUT2D eigenvalue weighted by Gasteiger charge is -2.38. The first-order valence-corrected chi connectivity index (χ1v) is 10.7. The summed E-state index contributed by atoms with van der Waals surface area (Å²) in [6, 6.07) is 8.43. The van der Waals surface area contributed by atoms with Crippen LogP contribution in [0, 0.1) is 0 Å². The van der Waals surface area contributed by atoms with Gasteiger partial charge in [0.1, 0.15) is 11.4 Å². The lowest BCUT2D eigenvalue weighted by molar-refractivity contribution is 0.0694. The van der Waals surface area contributed by atoms with Crippen LogP contribution in [-0.2, 0) is 26.4 Å². The number of nitrogens with one attached hydrogen (secondary N) is 2. The monoisotopic (exact) mass is 397 g/mol. The largest absolute Gasteiger partial charge is 0.487 e. The summed E-state index contributed by atoms with van der Waals surface area (Å²) >= 11 is 0. The van der Waals surface area contributed by atoms with E-state index in [0.29, 0.717) is 6.54 Å². The van der Waals surface area contributed by atoms with Crippen molar-refractivity contribution in [2.24, 2.45) is 12.0 Å². The van der Waals surface area contributed by atoms with Crippen LogP contribution in [0.25, 0.3) is 0 Å². The van der Waals surface area contributed by atoms with Gasteiger partial charge in [0.05, 0.1) is 18.3 Å². The fraction of sp³-hybridized carbons (Fsp3) is 0.565. The minimum absolute atomic E-state index is 0.151. The second kappa shape index (κ2) is 8.89. The van der Waals surface area contributed by atoms with E-state index in [9.17, 15) is 0 Å². The second-order valence-corrected chi connectivity index (χ2v) is 8.20. The molecule has 1 atom stereocenters. The van der Waals surface area contributed by atoms with Gasteiger partial charge in [0, 0.05) is 36.8 Å². The number of para-hydroxylation sites is 1. The van der Waals surface area contributed by atoms with Gasteiger partial charge in [0.2, 0.25) is 0 Å². The Bertz CT molecular complexity index is 868. The van der Waals surface area contributed by atoms with Gasteiger partial charge in [-0.15, -0.1) is 0 Å². The van der Waals surface area contributed by atoms with E-state index in [1.165, 1.54) is 16.8 Å². The molecule has 0 aliphatic carbocycles. The summed E-state index contributed by atoms with van der Waals surface area (Å²) in [5.74, 6) is 1.78. The van der Waals surface area contributed by atoms with Crippen molar-refractivity contribution in [3.05, 3.63) is 46.8 Å². The molecule has 1 aliphatic heterocycles. The molecule has 2 heterocycles. The summed E-state index contributed by atoms with van der Waals surface area (Å²) in [5.41, 5.74) is 4.61. The van der Waals surface area contributed by atoms with Crippen molar-refractivity contribution >= 4 is 5.96 Å². The fourth-order valence-electron chi connectivity index (χ4n) is 4.15. The van der Waals surface area contributed by atoms with E-state index in [-0.39, 0.29) is 11.6 Å². The summed E-state index contributed by atoms with van der Waals surface area (Å²) < 4.78 is 8.17. The molecule has 6 nitrogen and oxygen atoms in total. The van der Waals surface area contributed by atoms with Crippen molar-refractivity contribution in [2.75, 3.05) is 6.54 Å². The Balaban J connectivity index is 1.86. The van der Waals surface area contributed by atoms with Crippen LogP contribution in [0.4, 0.5) is 0 Å². The molecular formula is C23H35N5O. The smallest absolute Gasteiger partial charge is 0.192 e. The maximum Gasteiger partial charge on any atom is 0.192 e. The number of aliphatic imine (C=N–C) groups is 1. The molecular weight excluding hydrogens is 362 g/mol. The topological polar surface area (TPSA) is 63.5 Å². The molecule has 0 saturated carbocycles. The Morgan fingerprint density at radius 1 is 1.24 bits per heavy atom. The Hall–Kier alpha value is -2.50. The summed E-state index contributed by atoms with van der Waals surface area (Å²) in [6.45, 7) is 12.1. The molecule has 1 aliphatic rings. The number of benzene rings is 1. The SMILES string of the molecule is CCNC(=NCc1c(CC)nn(C)c1CC)NC1CC(C)(C)Oc2ccccc21. The van der Waals surface area contributed by atoms with Crippen LogP contribution in [0.15, 0.2) is 29.3 Å². The lowest BCUT2D eigenvalue weighted by Crippen LogP contribution is -2.45. The molecule has 0 amide bonds. The zero-order valence-corrected chi connectivity index (χ0v) is 18.7. The van der Waals surface area contributed by atoms with Crippen LogP contribution in [0.5, 0.6) is 5.75 Å². The molecule has 1 unspecified atom stereocenters. The van der Waals surface area contributed by atoms with Crippen molar-refractivity contribution in [1.82, 2.24) is 20.4 Å². The van der Waals surface area contributed by atoms with E-state index in [4.69, 9.17) is 9.73 Å². The molecule has 29 heavy (non-hydrogen) atoms. The third-order valence-corrected chi connectivity index (χ3v) is 5.45. The number of hydrogen-bond acceptors (Lipinski definition) is 3. The predicted molar refractivity (Wildman–Crippen MR) is 118 cm³/mol. The minimum Gasteiger partial charge on any atom is -0.487 e. The van der Waals surface area contributed by atoms with Gasteiger partial charge in [0.25, 0.3) is 0 Å². The van der Waals surface area contributed by atoms with E-state index >= 15 is 0 Å². The van der Waals surface area contributed by atoms with Crippen molar-refractivity contribution < 1.29 is 4.74 Å². The summed E-state index contributed by atoms with van der Waals surface area (Å²) in [7, 11) is 2.02. The Morgan fingerprint density at radius 2 is 2.00 bits per heavy atom. The third-order valence-electron chi connectivity index (χ3n) is 5.45. The number of aryl methyl sites for hydroxylation is 2. The van der Waals surface area contributed by atoms with E-state index in [2.05, 4.69) is 62.5 Å². The van der Waals surface area contributed by atoms with Crippen molar-refractivity contribution in [3.63, 3.8) is 0 Å². The number of guanidine groups is 1. The molecule has 158 valence electrons. The van der Waals surface area contributed by atoms with Gasteiger partial charge in [-0.3, -0.25) is 4.68 Å². The number of ether oxygens (including phenoxy) is 1. The average Bonchev–Trinajstić information content (AvgIpc) is 2.99. The van der Waals surface area contributed by atoms with Crippen LogP contribution in [0.3, 0.4) is 0 Å². The number of aromatic nitrogens is 2. The van der Waals surface area contributed by atoms with Crippen LogP contribution in [0.1, 0.15) is 69.6 Å². The summed E-state index contributed by atoms with van der Waals surface area (Å²) in [4.78, 5) is 4.93. The number of rotatable bonds is 6. The van der Waals surface area contributed by atoms with Gasteiger partial charge in [-0.1, -0.05) is 32.0 Å². The zero-order chi connectivity index (χ0) is 21.0. The average molecular weight is 398 g/mol. The molecule has 6 heteroatoms. The van der Waals surface area contributed by atoms with Crippen LogP contribution < -0.4 is 15.4 Å². The quantitative estimate of drug-likeness (QED) is 0.573. The van der Waals surface area contributed by atoms with E-state index in [0.717, 1.165) is 43.2 Å². The van der Waals surface area contributed by atoms with Gasteiger partial charge in [-0.05, 0) is 39.7 Å². The van der Waals surface area contributed by atoms with Gasteiger partial charge in [-0.25, -0.2) is 4.99 Å². The highest BCUT2D eigenvalue weighted by molar-refractivity contribution is 5.80. The first kappa shape index (κ1) is 21.2. The molecule has 1 aromatic heterocycles. The first-order chi connectivity index (χ1) is 13.9. The maximum absolute atomic E-state index is 6.17. The van der Waals surface area contributed by atoms with Crippen molar-refractivity contribution in [1.29, 1.82) is 0 Å². The number of nitrogens with zero attached hydrogens (tertiary/aromatic N) is 3. The van der Waals surface area contributed by atoms with Crippen LogP contribution >= 0.6 is 0 Å². The highest BCUT2D eigenvalue weighted by Gasteiger charge is 2.34.